The summed E-state index contributed by atoms with van der Waals surface area (Å²) in [4.78, 5) is 10.1. The van der Waals surface area contributed by atoms with Crippen molar-refractivity contribution in [3.8, 4) is 0 Å². The molecule has 1 N–H and O–H groups in total. The second kappa shape index (κ2) is 2.83. The molecule has 0 bridgehead atoms. The molecule has 1 nitrogen and oxygen atoms in total. The van der Waals surface area contributed by atoms with Crippen LogP contribution in [0.4, 0.5) is 0 Å². The van der Waals surface area contributed by atoms with Gasteiger partial charge in [0.15, 0.2) is 0 Å². The summed E-state index contributed by atoms with van der Waals surface area (Å²) in [6.45, 7) is 3.56. The molecule has 0 atom stereocenters. The summed E-state index contributed by atoms with van der Waals surface area (Å²) in [7, 11) is 0. The quantitative estimate of drug-likeness (QED) is 0.700. The maximum atomic E-state index is 10.1. The molecule has 0 saturated carbocycles. The van der Waals surface area contributed by atoms with Gasteiger partial charge < -0.3 is 0 Å². The van der Waals surface area contributed by atoms with Gasteiger partial charge in [-0.3, -0.25) is 0 Å². The topological polar surface area (TPSA) is 20.2 Å². The van der Waals surface area contributed by atoms with Crippen molar-refractivity contribution in [2.24, 2.45) is 0 Å². The molecule has 0 heterocycles. The Morgan fingerprint density at radius 3 is 2.00 bits per heavy atom. The molecule has 0 saturated heterocycles. The van der Waals surface area contributed by atoms with Crippen LogP contribution < -0.4 is 0 Å². The summed E-state index contributed by atoms with van der Waals surface area (Å²) in [5.41, 5.74) is 1.23. The Balaban J connectivity index is 2.79. The fourth-order valence-electron chi connectivity index (χ4n) is 1.21. The standard InChI is InChI=1S/C10H17OP/c1-12(2,3,11)9-10-7-5-4-6-8-10/h4-8,11H,9H2,1-3H3. The van der Waals surface area contributed by atoms with Crippen molar-refractivity contribution < 1.29 is 4.89 Å². The average Bonchev–Trinajstić information content (AvgIpc) is 1.83. The Hall–Kier alpha value is -0.390. The van der Waals surface area contributed by atoms with Crippen LogP contribution in [0.5, 0.6) is 0 Å². The Morgan fingerprint density at radius 1 is 1.08 bits per heavy atom. The van der Waals surface area contributed by atoms with E-state index in [1.165, 1.54) is 5.56 Å². The summed E-state index contributed by atoms with van der Waals surface area (Å²) in [5.74, 6) is 0. The van der Waals surface area contributed by atoms with E-state index in [0.717, 1.165) is 6.16 Å². The second-order valence-electron chi connectivity index (χ2n) is 4.68. The average molecular weight is 184 g/mol. The summed E-state index contributed by atoms with van der Waals surface area (Å²) < 4.78 is 0. The van der Waals surface area contributed by atoms with Crippen LogP contribution in [0.2, 0.25) is 0 Å². The molecule has 0 unspecified atom stereocenters. The van der Waals surface area contributed by atoms with Gasteiger partial charge >= 0.3 is 73.8 Å². The van der Waals surface area contributed by atoms with Gasteiger partial charge in [-0.25, -0.2) is 0 Å². The number of hydrogen-bond donors (Lipinski definition) is 1. The van der Waals surface area contributed by atoms with Crippen LogP contribution in [0.3, 0.4) is 0 Å². The molecule has 1 aromatic rings. The van der Waals surface area contributed by atoms with Gasteiger partial charge in [-0.05, 0) is 0 Å². The van der Waals surface area contributed by atoms with E-state index < -0.39 is 6.83 Å². The second-order valence-corrected chi connectivity index (χ2v) is 11.1. The Kier molecular flexibility index (Phi) is 2.29. The first kappa shape index (κ1) is 9.70. The van der Waals surface area contributed by atoms with Crippen molar-refractivity contribution >= 4 is 6.83 Å². The maximum absolute atomic E-state index is 10.1. The summed E-state index contributed by atoms with van der Waals surface area (Å²) in [5, 5.41) is 0. The van der Waals surface area contributed by atoms with Crippen LogP contribution in [0.25, 0.3) is 0 Å². The van der Waals surface area contributed by atoms with Gasteiger partial charge in [-0.2, -0.15) is 0 Å². The van der Waals surface area contributed by atoms with Gasteiger partial charge in [0.2, 0.25) is 0 Å². The summed E-state index contributed by atoms with van der Waals surface area (Å²) >= 11 is 0. The van der Waals surface area contributed by atoms with Gasteiger partial charge in [0.05, 0.1) is 0 Å². The molecule has 0 fully saturated rings. The molecule has 1 rings (SSSR count). The summed E-state index contributed by atoms with van der Waals surface area (Å²) in [6, 6.07) is 10.1. The zero-order valence-corrected chi connectivity index (χ0v) is 8.88. The molecule has 0 aromatic heterocycles. The van der Waals surface area contributed by atoms with Crippen molar-refractivity contribution in [1.29, 1.82) is 0 Å². The normalized spacial score (nSPS) is 15.2. The van der Waals surface area contributed by atoms with E-state index in [-0.39, 0.29) is 0 Å². The van der Waals surface area contributed by atoms with E-state index >= 15 is 0 Å². The Morgan fingerprint density at radius 2 is 1.58 bits per heavy atom. The Bertz CT molecular complexity index is 249. The third-order valence-corrected chi connectivity index (χ3v) is 3.03. The third-order valence-electron chi connectivity index (χ3n) is 1.57. The predicted molar refractivity (Wildman–Crippen MR) is 57.1 cm³/mol. The Labute approximate surface area is 74.4 Å². The minimum atomic E-state index is -2.35. The van der Waals surface area contributed by atoms with Gasteiger partial charge in [0.25, 0.3) is 0 Å². The van der Waals surface area contributed by atoms with Crippen LogP contribution in [0, 0.1) is 0 Å². The summed E-state index contributed by atoms with van der Waals surface area (Å²) in [6.07, 6.45) is 0.812. The number of hydrogen-bond acceptors (Lipinski definition) is 1. The zero-order valence-electron chi connectivity index (χ0n) is 7.99. The zero-order chi connectivity index (χ0) is 9.27. The van der Waals surface area contributed by atoms with Crippen LogP contribution >= 0.6 is 6.83 Å². The molecule has 0 aliphatic heterocycles. The van der Waals surface area contributed by atoms with E-state index in [1.807, 2.05) is 38.2 Å². The van der Waals surface area contributed by atoms with E-state index in [1.54, 1.807) is 0 Å². The number of benzene rings is 1. The van der Waals surface area contributed by atoms with Crippen molar-refractivity contribution in [2.75, 3.05) is 20.0 Å². The molecule has 0 spiro atoms. The van der Waals surface area contributed by atoms with Crippen molar-refractivity contribution in [3.63, 3.8) is 0 Å². The molecular weight excluding hydrogens is 167 g/mol. The first-order valence-electron chi connectivity index (χ1n) is 4.12. The predicted octanol–water partition coefficient (Wildman–Crippen LogP) is 2.54. The molecule has 0 aliphatic carbocycles. The van der Waals surface area contributed by atoms with Crippen LogP contribution in [0.15, 0.2) is 30.3 Å². The van der Waals surface area contributed by atoms with Gasteiger partial charge in [0, 0.05) is 0 Å². The fraction of sp³-hybridized carbons (Fsp3) is 0.400. The molecular formula is C10H17OP. The van der Waals surface area contributed by atoms with Gasteiger partial charge in [-0.1, -0.05) is 0 Å². The van der Waals surface area contributed by atoms with Crippen LogP contribution in [-0.4, -0.2) is 24.9 Å². The molecule has 1 aromatic carbocycles. The monoisotopic (exact) mass is 184 g/mol. The first-order chi connectivity index (χ1) is 5.33. The van der Waals surface area contributed by atoms with E-state index in [4.69, 9.17) is 0 Å². The van der Waals surface area contributed by atoms with Crippen molar-refractivity contribution in [3.05, 3.63) is 35.9 Å². The SMILES string of the molecule is CP(C)(C)(O)Cc1ccccc1. The first-order valence-corrected chi connectivity index (χ1v) is 7.84. The van der Waals surface area contributed by atoms with E-state index in [2.05, 4.69) is 12.1 Å². The molecule has 12 heavy (non-hydrogen) atoms. The third kappa shape index (κ3) is 3.85. The molecule has 0 aliphatic rings. The van der Waals surface area contributed by atoms with Gasteiger partial charge in [-0.15, -0.1) is 0 Å². The fourth-order valence-corrected chi connectivity index (χ4v) is 2.68. The molecule has 68 valence electrons. The number of rotatable bonds is 2. The minimum absolute atomic E-state index is 0.812. The molecule has 2 heteroatoms. The van der Waals surface area contributed by atoms with Crippen LogP contribution in [-0.2, 0) is 6.16 Å². The molecule has 0 radical (unpaired) electrons. The van der Waals surface area contributed by atoms with Crippen molar-refractivity contribution in [1.82, 2.24) is 0 Å². The van der Waals surface area contributed by atoms with E-state index in [0.29, 0.717) is 0 Å². The van der Waals surface area contributed by atoms with Crippen molar-refractivity contribution in [2.45, 2.75) is 6.16 Å². The molecule has 0 amide bonds. The van der Waals surface area contributed by atoms with Gasteiger partial charge in [0.1, 0.15) is 0 Å². The van der Waals surface area contributed by atoms with E-state index in [9.17, 15) is 4.89 Å². The van der Waals surface area contributed by atoms with Crippen LogP contribution in [0.1, 0.15) is 5.56 Å².